The van der Waals surface area contributed by atoms with Crippen LogP contribution in [0.1, 0.15) is 62.6 Å². The zero-order chi connectivity index (χ0) is 21.1. The van der Waals surface area contributed by atoms with Gasteiger partial charge >= 0.3 is 0 Å². The molecule has 1 aliphatic rings. The summed E-state index contributed by atoms with van der Waals surface area (Å²) in [5.41, 5.74) is 4.32. The summed E-state index contributed by atoms with van der Waals surface area (Å²) in [6.45, 7) is 9.11. The van der Waals surface area contributed by atoms with Crippen LogP contribution < -0.4 is 5.32 Å². The fourth-order valence-corrected chi connectivity index (χ4v) is 3.89. The van der Waals surface area contributed by atoms with Gasteiger partial charge in [-0.3, -0.25) is 9.59 Å². The minimum absolute atomic E-state index is 0.0357. The van der Waals surface area contributed by atoms with Gasteiger partial charge in [-0.2, -0.15) is 0 Å². The summed E-state index contributed by atoms with van der Waals surface area (Å²) in [6.07, 6.45) is 0.630. The Morgan fingerprint density at radius 3 is 2.07 bits per heavy atom. The number of benzene rings is 2. The molecule has 2 atom stereocenters. The summed E-state index contributed by atoms with van der Waals surface area (Å²) >= 11 is 0. The zero-order valence-corrected chi connectivity index (χ0v) is 18.1. The maximum absolute atomic E-state index is 12.9. The van der Waals surface area contributed by atoms with E-state index in [1.54, 1.807) is 4.90 Å². The SMILES string of the molecule is CC(C)c1cccc(C(C)C)c1NC(=O)C1CC1C(=O)N(C)Cc1ccccc1. The van der Waals surface area contributed by atoms with E-state index < -0.39 is 0 Å². The van der Waals surface area contributed by atoms with Crippen LogP contribution >= 0.6 is 0 Å². The molecule has 0 saturated heterocycles. The van der Waals surface area contributed by atoms with Gasteiger partial charge in [0.25, 0.3) is 0 Å². The van der Waals surface area contributed by atoms with Crippen molar-refractivity contribution in [3.05, 3.63) is 65.2 Å². The van der Waals surface area contributed by atoms with E-state index in [-0.39, 0.29) is 23.7 Å². The quantitative estimate of drug-likeness (QED) is 0.707. The van der Waals surface area contributed by atoms with Crippen molar-refractivity contribution in [2.24, 2.45) is 11.8 Å². The normalized spacial score (nSPS) is 18.0. The van der Waals surface area contributed by atoms with Crippen LogP contribution in [0.25, 0.3) is 0 Å². The van der Waals surface area contributed by atoms with Gasteiger partial charge in [0.05, 0.1) is 11.8 Å². The number of para-hydroxylation sites is 1. The van der Waals surface area contributed by atoms with E-state index in [1.165, 1.54) is 0 Å². The zero-order valence-electron chi connectivity index (χ0n) is 18.1. The third kappa shape index (κ3) is 4.87. The van der Waals surface area contributed by atoms with Crippen LogP contribution in [0.4, 0.5) is 5.69 Å². The lowest BCUT2D eigenvalue weighted by Gasteiger charge is -2.20. The smallest absolute Gasteiger partial charge is 0.228 e. The Balaban J connectivity index is 1.67. The first-order chi connectivity index (χ1) is 13.8. The third-order valence-electron chi connectivity index (χ3n) is 5.70. The largest absolute Gasteiger partial charge is 0.341 e. The van der Waals surface area contributed by atoms with Gasteiger partial charge in [0, 0.05) is 19.3 Å². The Morgan fingerprint density at radius 2 is 1.52 bits per heavy atom. The van der Waals surface area contributed by atoms with Gasteiger partial charge in [-0.1, -0.05) is 76.2 Å². The molecule has 0 spiro atoms. The van der Waals surface area contributed by atoms with Crippen molar-refractivity contribution in [1.82, 2.24) is 4.90 Å². The number of rotatable bonds is 7. The molecule has 1 aliphatic carbocycles. The molecule has 154 valence electrons. The summed E-state index contributed by atoms with van der Waals surface area (Å²) in [6, 6.07) is 16.1. The first-order valence-corrected chi connectivity index (χ1v) is 10.5. The predicted octanol–water partition coefficient (Wildman–Crippen LogP) is 5.17. The second-order valence-corrected chi connectivity index (χ2v) is 8.74. The highest BCUT2D eigenvalue weighted by Gasteiger charge is 2.49. The summed E-state index contributed by atoms with van der Waals surface area (Å²) < 4.78 is 0. The van der Waals surface area contributed by atoms with E-state index in [1.807, 2.05) is 37.4 Å². The molecule has 0 bridgehead atoms. The fraction of sp³-hybridized carbons (Fsp3) is 0.440. The van der Waals surface area contributed by atoms with Crippen LogP contribution in [-0.2, 0) is 16.1 Å². The molecule has 1 N–H and O–H groups in total. The molecule has 2 amide bonds. The summed E-state index contributed by atoms with van der Waals surface area (Å²) in [5, 5.41) is 3.17. The van der Waals surface area contributed by atoms with E-state index in [0.29, 0.717) is 24.8 Å². The minimum atomic E-state index is -0.235. The summed E-state index contributed by atoms with van der Waals surface area (Å²) in [5.74, 6) is 0.204. The van der Waals surface area contributed by atoms with Gasteiger partial charge in [-0.25, -0.2) is 0 Å². The Hall–Kier alpha value is -2.62. The number of carbonyl (C=O) groups excluding carboxylic acids is 2. The molecule has 2 unspecified atom stereocenters. The topological polar surface area (TPSA) is 49.4 Å². The van der Waals surface area contributed by atoms with Gasteiger partial charge in [0.2, 0.25) is 11.8 Å². The molecular formula is C25H32N2O2. The molecule has 1 fully saturated rings. The van der Waals surface area contributed by atoms with Crippen molar-refractivity contribution in [1.29, 1.82) is 0 Å². The van der Waals surface area contributed by atoms with Gasteiger partial charge in [-0.15, -0.1) is 0 Å². The predicted molar refractivity (Wildman–Crippen MR) is 118 cm³/mol. The fourth-order valence-electron chi connectivity index (χ4n) is 3.89. The first kappa shape index (κ1) is 21.1. The van der Waals surface area contributed by atoms with Crippen LogP contribution in [0.2, 0.25) is 0 Å². The molecular weight excluding hydrogens is 360 g/mol. The monoisotopic (exact) mass is 392 g/mol. The van der Waals surface area contributed by atoms with E-state index in [4.69, 9.17) is 0 Å². The second kappa shape index (κ2) is 8.81. The van der Waals surface area contributed by atoms with Gasteiger partial charge < -0.3 is 10.2 Å². The van der Waals surface area contributed by atoms with Gasteiger partial charge in [0.1, 0.15) is 0 Å². The number of nitrogens with zero attached hydrogens (tertiary/aromatic N) is 1. The van der Waals surface area contributed by atoms with E-state index in [2.05, 4.69) is 51.2 Å². The first-order valence-electron chi connectivity index (χ1n) is 10.5. The number of hydrogen-bond acceptors (Lipinski definition) is 2. The average molecular weight is 393 g/mol. The van der Waals surface area contributed by atoms with Gasteiger partial charge in [0.15, 0.2) is 0 Å². The highest BCUT2D eigenvalue weighted by Crippen LogP contribution is 2.42. The van der Waals surface area contributed by atoms with Crippen LogP contribution in [0.3, 0.4) is 0 Å². The van der Waals surface area contributed by atoms with Crippen LogP contribution in [0, 0.1) is 11.8 Å². The number of nitrogens with one attached hydrogen (secondary N) is 1. The summed E-state index contributed by atoms with van der Waals surface area (Å²) in [4.78, 5) is 27.4. The molecule has 4 heteroatoms. The summed E-state index contributed by atoms with van der Waals surface area (Å²) in [7, 11) is 1.81. The second-order valence-electron chi connectivity index (χ2n) is 8.74. The van der Waals surface area contributed by atoms with Crippen molar-refractivity contribution in [2.75, 3.05) is 12.4 Å². The maximum atomic E-state index is 12.9. The van der Waals surface area contributed by atoms with Crippen molar-refractivity contribution in [3.63, 3.8) is 0 Å². The molecule has 0 radical (unpaired) electrons. The average Bonchev–Trinajstić information content (AvgIpc) is 3.48. The highest BCUT2D eigenvalue weighted by atomic mass is 16.2. The maximum Gasteiger partial charge on any atom is 0.228 e. The Labute approximate surface area is 174 Å². The number of anilines is 1. The molecule has 2 aromatic rings. The molecule has 1 saturated carbocycles. The van der Waals surface area contributed by atoms with E-state index in [9.17, 15) is 9.59 Å². The Morgan fingerprint density at radius 1 is 0.931 bits per heavy atom. The Kier molecular flexibility index (Phi) is 6.41. The number of hydrogen-bond donors (Lipinski definition) is 1. The lowest BCUT2D eigenvalue weighted by atomic mass is 9.92. The van der Waals surface area contributed by atoms with Crippen LogP contribution in [-0.4, -0.2) is 23.8 Å². The van der Waals surface area contributed by atoms with Crippen LogP contribution in [0.5, 0.6) is 0 Å². The molecule has 0 aliphatic heterocycles. The van der Waals surface area contributed by atoms with Crippen molar-refractivity contribution in [3.8, 4) is 0 Å². The molecule has 0 aromatic heterocycles. The Bertz CT molecular complexity index is 847. The molecule has 29 heavy (non-hydrogen) atoms. The number of carbonyl (C=O) groups is 2. The lowest BCUT2D eigenvalue weighted by molar-refractivity contribution is -0.133. The molecule has 3 rings (SSSR count). The highest BCUT2D eigenvalue weighted by molar-refractivity contribution is 6.00. The third-order valence-corrected chi connectivity index (χ3v) is 5.70. The van der Waals surface area contributed by atoms with Crippen LogP contribution in [0.15, 0.2) is 48.5 Å². The molecule has 4 nitrogen and oxygen atoms in total. The molecule has 2 aromatic carbocycles. The van der Waals surface area contributed by atoms with Gasteiger partial charge in [-0.05, 0) is 34.9 Å². The molecule has 0 heterocycles. The van der Waals surface area contributed by atoms with Crippen molar-refractivity contribution >= 4 is 17.5 Å². The van der Waals surface area contributed by atoms with Crippen molar-refractivity contribution in [2.45, 2.75) is 52.5 Å². The van der Waals surface area contributed by atoms with E-state index >= 15 is 0 Å². The standard InChI is InChI=1S/C25H32N2O2/c1-16(2)19-12-9-13-20(17(3)4)23(19)26-24(28)21-14-22(21)25(29)27(5)15-18-10-7-6-8-11-18/h6-13,16-17,21-22H,14-15H2,1-5H3,(H,26,28). The van der Waals surface area contributed by atoms with E-state index in [0.717, 1.165) is 22.4 Å². The minimum Gasteiger partial charge on any atom is -0.341 e. The number of amides is 2. The lowest BCUT2D eigenvalue weighted by Crippen LogP contribution is -2.29. The van der Waals surface area contributed by atoms with Crippen molar-refractivity contribution < 1.29 is 9.59 Å².